The van der Waals surface area contributed by atoms with Crippen molar-refractivity contribution in [3.63, 3.8) is 0 Å². The number of nitrogens with one attached hydrogen (secondary N) is 2. The van der Waals surface area contributed by atoms with Gasteiger partial charge in [0.2, 0.25) is 5.91 Å². The maximum absolute atomic E-state index is 12.8. The monoisotopic (exact) mass is 436 g/mol. The molecular formula is C21H32N4O4S. The van der Waals surface area contributed by atoms with Gasteiger partial charge < -0.3 is 20.3 Å². The molecule has 8 nitrogen and oxygen atoms in total. The van der Waals surface area contributed by atoms with Crippen LogP contribution >= 0.6 is 11.3 Å². The first-order valence-electron chi connectivity index (χ1n) is 10.7. The van der Waals surface area contributed by atoms with Crippen molar-refractivity contribution in [3.05, 3.63) is 16.0 Å². The first-order valence-corrected chi connectivity index (χ1v) is 11.5. The average molecular weight is 437 g/mol. The summed E-state index contributed by atoms with van der Waals surface area (Å²) in [6.45, 7) is 8.16. The fourth-order valence-corrected chi connectivity index (χ4v) is 5.46. The Bertz CT molecular complexity index is 788. The molecule has 2 aliphatic heterocycles. The predicted octanol–water partition coefficient (Wildman–Crippen LogP) is 2.09. The minimum absolute atomic E-state index is 0.168. The number of thiophene rings is 1. The van der Waals surface area contributed by atoms with E-state index < -0.39 is 5.97 Å². The highest BCUT2D eigenvalue weighted by Gasteiger charge is 2.30. The zero-order chi connectivity index (χ0) is 21.7. The Morgan fingerprint density at radius 1 is 1.17 bits per heavy atom. The molecule has 0 spiro atoms. The SMILES string of the molecule is CCOC(=O)c1c(NC(=O)CN2CCCC2CN2CCCC2)sc(C(=O)NC)c1C. The largest absolute Gasteiger partial charge is 0.462 e. The predicted molar refractivity (Wildman–Crippen MR) is 117 cm³/mol. The highest BCUT2D eigenvalue weighted by Crippen LogP contribution is 2.34. The number of likely N-dealkylation sites (tertiary alicyclic amines) is 2. The number of hydrogen-bond donors (Lipinski definition) is 2. The van der Waals surface area contributed by atoms with Crippen LogP contribution in [0.2, 0.25) is 0 Å². The van der Waals surface area contributed by atoms with Gasteiger partial charge in [0, 0.05) is 19.6 Å². The van der Waals surface area contributed by atoms with Crippen LogP contribution in [0, 0.1) is 6.92 Å². The number of carbonyl (C=O) groups excluding carboxylic acids is 3. The van der Waals surface area contributed by atoms with Crippen molar-refractivity contribution < 1.29 is 19.1 Å². The zero-order valence-electron chi connectivity index (χ0n) is 18.1. The third-order valence-corrected chi connectivity index (χ3v) is 7.03. The number of carbonyl (C=O) groups is 3. The van der Waals surface area contributed by atoms with Gasteiger partial charge in [-0.15, -0.1) is 11.3 Å². The van der Waals surface area contributed by atoms with E-state index in [1.54, 1.807) is 13.8 Å². The molecule has 1 aromatic heterocycles. The Kier molecular flexibility index (Phi) is 7.85. The Morgan fingerprint density at radius 2 is 1.90 bits per heavy atom. The zero-order valence-corrected chi connectivity index (χ0v) is 18.9. The molecule has 2 fully saturated rings. The molecule has 1 aromatic rings. The number of amides is 2. The Hall–Kier alpha value is -1.97. The lowest BCUT2D eigenvalue weighted by molar-refractivity contribution is -0.117. The van der Waals surface area contributed by atoms with E-state index in [4.69, 9.17) is 4.74 Å². The van der Waals surface area contributed by atoms with Crippen molar-refractivity contribution in [2.24, 2.45) is 0 Å². The van der Waals surface area contributed by atoms with E-state index in [2.05, 4.69) is 20.4 Å². The number of esters is 1. The van der Waals surface area contributed by atoms with E-state index in [1.807, 2.05) is 0 Å². The first kappa shape index (κ1) is 22.7. The summed E-state index contributed by atoms with van der Waals surface area (Å²) in [5.74, 6) is -0.975. The van der Waals surface area contributed by atoms with Gasteiger partial charge in [0.25, 0.3) is 5.91 Å². The van der Waals surface area contributed by atoms with Crippen LogP contribution in [0.3, 0.4) is 0 Å². The van der Waals surface area contributed by atoms with E-state index in [0.29, 0.717) is 21.5 Å². The second-order valence-corrected chi connectivity index (χ2v) is 8.90. The van der Waals surface area contributed by atoms with Crippen LogP contribution in [0.15, 0.2) is 0 Å². The summed E-state index contributed by atoms with van der Waals surface area (Å²) in [6, 6.07) is 0.393. The Balaban J connectivity index is 1.70. The molecule has 30 heavy (non-hydrogen) atoms. The molecule has 0 bridgehead atoms. The van der Waals surface area contributed by atoms with Crippen LogP contribution in [0.1, 0.15) is 58.2 Å². The van der Waals surface area contributed by atoms with E-state index in [-0.39, 0.29) is 30.5 Å². The van der Waals surface area contributed by atoms with Crippen molar-refractivity contribution in [1.29, 1.82) is 0 Å². The quantitative estimate of drug-likeness (QED) is 0.607. The van der Waals surface area contributed by atoms with Crippen LogP contribution in [-0.4, -0.2) is 80.0 Å². The molecule has 166 valence electrons. The lowest BCUT2D eigenvalue weighted by Gasteiger charge is -2.27. The lowest BCUT2D eigenvalue weighted by atomic mass is 10.1. The molecule has 0 aromatic carbocycles. The summed E-state index contributed by atoms with van der Waals surface area (Å²) >= 11 is 1.11. The minimum Gasteiger partial charge on any atom is -0.462 e. The third kappa shape index (κ3) is 5.19. The molecule has 2 amide bonds. The maximum Gasteiger partial charge on any atom is 0.341 e. The Labute approximate surface area is 181 Å². The summed E-state index contributed by atoms with van der Waals surface area (Å²) in [4.78, 5) is 42.6. The smallest absolute Gasteiger partial charge is 0.341 e. The molecular weight excluding hydrogens is 404 g/mol. The topological polar surface area (TPSA) is 91.0 Å². The van der Waals surface area contributed by atoms with Crippen molar-refractivity contribution in [1.82, 2.24) is 15.1 Å². The van der Waals surface area contributed by atoms with Gasteiger partial charge in [-0.1, -0.05) is 0 Å². The van der Waals surface area contributed by atoms with Gasteiger partial charge in [0.1, 0.15) is 5.00 Å². The molecule has 3 heterocycles. The van der Waals surface area contributed by atoms with Crippen LogP contribution in [0.4, 0.5) is 5.00 Å². The van der Waals surface area contributed by atoms with Gasteiger partial charge in [-0.05, 0) is 64.7 Å². The first-order chi connectivity index (χ1) is 14.4. The third-order valence-electron chi connectivity index (χ3n) is 5.83. The summed E-state index contributed by atoms with van der Waals surface area (Å²) in [7, 11) is 1.54. The van der Waals surface area contributed by atoms with Gasteiger partial charge in [0.15, 0.2) is 0 Å². The van der Waals surface area contributed by atoms with Crippen LogP contribution in [-0.2, 0) is 9.53 Å². The normalized spacial score (nSPS) is 19.8. The van der Waals surface area contributed by atoms with E-state index in [9.17, 15) is 14.4 Å². The maximum atomic E-state index is 12.8. The van der Waals surface area contributed by atoms with Gasteiger partial charge in [-0.25, -0.2) is 4.79 Å². The molecule has 0 saturated carbocycles. The molecule has 1 unspecified atom stereocenters. The van der Waals surface area contributed by atoms with Gasteiger partial charge in [0.05, 0.1) is 23.6 Å². The van der Waals surface area contributed by atoms with Crippen LogP contribution in [0.5, 0.6) is 0 Å². The Morgan fingerprint density at radius 3 is 2.57 bits per heavy atom. The number of nitrogens with zero attached hydrogens (tertiary/aromatic N) is 2. The second kappa shape index (κ2) is 10.4. The van der Waals surface area contributed by atoms with Gasteiger partial charge in [-0.3, -0.25) is 14.5 Å². The van der Waals surface area contributed by atoms with Crippen LogP contribution < -0.4 is 10.6 Å². The molecule has 2 saturated heterocycles. The average Bonchev–Trinajstić information content (AvgIpc) is 3.44. The summed E-state index contributed by atoms with van der Waals surface area (Å²) in [5.41, 5.74) is 0.796. The van der Waals surface area contributed by atoms with Crippen molar-refractivity contribution >= 4 is 34.1 Å². The minimum atomic E-state index is -0.523. The van der Waals surface area contributed by atoms with Crippen molar-refractivity contribution in [2.45, 2.75) is 45.6 Å². The summed E-state index contributed by atoms with van der Waals surface area (Å²) in [6.07, 6.45) is 4.72. The number of anilines is 1. The number of ether oxygens (including phenoxy) is 1. The standard InChI is InChI=1S/C21H32N4O4S/c1-4-29-21(28)17-14(2)18(19(27)22-3)30-20(17)23-16(26)13-25-11-7-8-15(25)12-24-9-5-6-10-24/h15H,4-13H2,1-3H3,(H,22,27)(H,23,26). The molecule has 0 radical (unpaired) electrons. The van der Waals surface area contributed by atoms with Crippen molar-refractivity contribution in [2.75, 3.05) is 51.7 Å². The van der Waals surface area contributed by atoms with Crippen LogP contribution in [0.25, 0.3) is 0 Å². The molecule has 0 aliphatic carbocycles. The number of rotatable bonds is 8. The number of hydrogen-bond acceptors (Lipinski definition) is 7. The summed E-state index contributed by atoms with van der Waals surface area (Å²) in [5, 5.41) is 5.83. The lowest BCUT2D eigenvalue weighted by Crippen LogP contribution is -2.42. The van der Waals surface area contributed by atoms with Gasteiger partial charge in [-0.2, -0.15) is 0 Å². The highest BCUT2D eigenvalue weighted by molar-refractivity contribution is 7.18. The molecule has 2 aliphatic rings. The molecule has 3 rings (SSSR count). The summed E-state index contributed by atoms with van der Waals surface area (Å²) < 4.78 is 5.15. The highest BCUT2D eigenvalue weighted by atomic mass is 32.1. The molecule has 2 N–H and O–H groups in total. The van der Waals surface area contributed by atoms with Crippen molar-refractivity contribution in [3.8, 4) is 0 Å². The van der Waals surface area contributed by atoms with E-state index >= 15 is 0 Å². The fraction of sp³-hybridized carbons (Fsp3) is 0.667. The second-order valence-electron chi connectivity index (χ2n) is 7.88. The van der Waals surface area contributed by atoms with E-state index in [1.165, 1.54) is 19.9 Å². The molecule has 9 heteroatoms. The molecule has 1 atom stereocenters. The fourth-order valence-electron chi connectivity index (χ4n) is 4.30. The van der Waals surface area contributed by atoms with Gasteiger partial charge >= 0.3 is 5.97 Å². The van der Waals surface area contributed by atoms with E-state index in [0.717, 1.165) is 50.4 Å².